The van der Waals surface area contributed by atoms with Crippen LogP contribution in [0.15, 0.2) is 0 Å². The number of hydrogen-bond acceptors (Lipinski definition) is 3. The fourth-order valence-corrected chi connectivity index (χ4v) is 3.13. The third kappa shape index (κ3) is 1.95. The number of nitrogens with one attached hydrogen (secondary N) is 1. The Bertz CT molecular complexity index is 147. The molecule has 0 aromatic rings. The van der Waals surface area contributed by atoms with Crippen LogP contribution >= 0.6 is 11.8 Å². The highest BCUT2D eigenvalue weighted by molar-refractivity contribution is 8.00. The van der Waals surface area contributed by atoms with E-state index in [0.29, 0.717) is 6.04 Å². The first-order valence-corrected chi connectivity index (χ1v) is 5.86. The van der Waals surface area contributed by atoms with Gasteiger partial charge in [0.25, 0.3) is 0 Å². The maximum atomic E-state index is 5.33. The van der Waals surface area contributed by atoms with E-state index < -0.39 is 0 Å². The molecule has 0 saturated carbocycles. The van der Waals surface area contributed by atoms with E-state index in [1.165, 1.54) is 18.6 Å². The Hall–Kier alpha value is 0.270. The zero-order valence-electron chi connectivity index (χ0n) is 7.58. The molecular weight excluding hydrogens is 170 g/mol. The van der Waals surface area contributed by atoms with Gasteiger partial charge >= 0.3 is 0 Å². The molecule has 0 radical (unpaired) electrons. The minimum Gasteiger partial charge on any atom is -0.380 e. The van der Waals surface area contributed by atoms with E-state index in [0.717, 1.165) is 24.5 Å². The molecule has 0 spiro atoms. The number of ether oxygens (including phenoxy) is 1. The van der Waals surface area contributed by atoms with Gasteiger partial charge in [-0.25, -0.2) is 0 Å². The Morgan fingerprint density at radius 2 is 2.33 bits per heavy atom. The van der Waals surface area contributed by atoms with E-state index in [1.807, 2.05) is 0 Å². The van der Waals surface area contributed by atoms with Gasteiger partial charge in [0.2, 0.25) is 0 Å². The van der Waals surface area contributed by atoms with Gasteiger partial charge in [-0.05, 0) is 18.6 Å². The molecule has 2 saturated heterocycles. The van der Waals surface area contributed by atoms with Gasteiger partial charge in [-0.15, -0.1) is 0 Å². The van der Waals surface area contributed by atoms with Gasteiger partial charge in [0.15, 0.2) is 0 Å². The van der Waals surface area contributed by atoms with Crippen LogP contribution in [0.25, 0.3) is 0 Å². The lowest BCUT2D eigenvalue weighted by atomic mass is 10.1. The highest BCUT2D eigenvalue weighted by Crippen LogP contribution is 2.26. The largest absolute Gasteiger partial charge is 0.380 e. The zero-order chi connectivity index (χ0) is 8.39. The predicted molar refractivity (Wildman–Crippen MR) is 52.7 cm³/mol. The SMILES string of the molecule is CC1SCCC1NC1CCOC1. The lowest BCUT2D eigenvalue weighted by Crippen LogP contribution is -2.41. The summed E-state index contributed by atoms with van der Waals surface area (Å²) in [6.45, 7) is 4.20. The van der Waals surface area contributed by atoms with Crippen molar-refractivity contribution in [1.82, 2.24) is 5.32 Å². The fourth-order valence-electron chi connectivity index (χ4n) is 1.92. The van der Waals surface area contributed by atoms with Crippen LogP contribution in [-0.2, 0) is 4.74 Å². The Labute approximate surface area is 78.4 Å². The number of rotatable bonds is 2. The van der Waals surface area contributed by atoms with Crippen LogP contribution in [0.2, 0.25) is 0 Å². The van der Waals surface area contributed by atoms with Crippen molar-refractivity contribution in [3.63, 3.8) is 0 Å². The summed E-state index contributed by atoms with van der Waals surface area (Å²) in [7, 11) is 0. The van der Waals surface area contributed by atoms with Crippen molar-refractivity contribution in [2.45, 2.75) is 37.1 Å². The fraction of sp³-hybridized carbons (Fsp3) is 1.00. The maximum absolute atomic E-state index is 5.33. The van der Waals surface area contributed by atoms with E-state index in [2.05, 4.69) is 24.0 Å². The molecule has 2 nitrogen and oxygen atoms in total. The predicted octanol–water partition coefficient (Wildman–Crippen LogP) is 1.26. The summed E-state index contributed by atoms with van der Waals surface area (Å²) in [5, 5.41) is 4.48. The number of hydrogen-bond donors (Lipinski definition) is 1. The molecule has 0 bridgehead atoms. The van der Waals surface area contributed by atoms with Crippen LogP contribution in [0.5, 0.6) is 0 Å². The van der Waals surface area contributed by atoms with Crippen LogP contribution in [0, 0.1) is 0 Å². The molecule has 12 heavy (non-hydrogen) atoms. The van der Waals surface area contributed by atoms with Crippen LogP contribution in [0.1, 0.15) is 19.8 Å². The van der Waals surface area contributed by atoms with Crippen molar-refractivity contribution >= 4 is 11.8 Å². The van der Waals surface area contributed by atoms with Gasteiger partial charge < -0.3 is 10.1 Å². The summed E-state index contributed by atoms with van der Waals surface area (Å²) < 4.78 is 5.33. The Morgan fingerprint density at radius 1 is 1.42 bits per heavy atom. The molecule has 3 unspecified atom stereocenters. The quantitative estimate of drug-likeness (QED) is 0.703. The van der Waals surface area contributed by atoms with Crippen molar-refractivity contribution < 1.29 is 4.74 Å². The molecule has 2 aliphatic heterocycles. The standard InChI is InChI=1S/C9H17NOS/c1-7-9(3-5-12-7)10-8-2-4-11-6-8/h7-10H,2-6H2,1H3. The van der Waals surface area contributed by atoms with Gasteiger partial charge in [0.05, 0.1) is 6.61 Å². The average Bonchev–Trinajstić information content (AvgIpc) is 2.65. The molecule has 1 N–H and O–H groups in total. The highest BCUT2D eigenvalue weighted by Gasteiger charge is 2.27. The van der Waals surface area contributed by atoms with Crippen LogP contribution < -0.4 is 5.32 Å². The second kappa shape index (κ2) is 3.99. The first kappa shape index (κ1) is 8.85. The van der Waals surface area contributed by atoms with Gasteiger partial charge in [-0.2, -0.15) is 11.8 Å². The topological polar surface area (TPSA) is 21.3 Å². The lowest BCUT2D eigenvalue weighted by molar-refractivity contribution is 0.188. The summed E-state index contributed by atoms with van der Waals surface area (Å²) in [6.07, 6.45) is 2.54. The van der Waals surface area contributed by atoms with E-state index in [1.54, 1.807) is 0 Å². The van der Waals surface area contributed by atoms with Crippen LogP contribution in [0.3, 0.4) is 0 Å². The molecule has 0 aromatic heterocycles. The molecule has 70 valence electrons. The van der Waals surface area contributed by atoms with Gasteiger partial charge in [0, 0.05) is 23.9 Å². The van der Waals surface area contributed by atoms with Crippen molar-refractivity contribution in [3.8, 4) is 0 Å². The minimum atomic E-state index is 0.635. The second-order valence-corrected chi connectivity index (χ2v) is 5.18. The lowest BCUT2D eigenvalue weighted by Gasteiger charge is -2.20. The van der Waals surface area contributed by atoms with Gasteiger partial charge in [0.1, 0.15) is 0 Å². The van der Waals surface area contributed by atoms with E-state index in [-0.39, 0.29) is 0 Å². The first-order chi connectivity index (χ1) is 5.86. The molecule has 2 rings (SSSR count). The third-order valence-electron chi connectivity index (χ3n) is 2.76. The van der Waals surface area contributed by atoms with E-state index >= 15 is 0 Å². The average molecular weight is 187 g/mol. The van der Waals surface area contributed by atoms with Crippen molar-refractivity contribution in [3.05, 3.63) is 0 Å². The summed E-state index contributed by atoms with van der Waals surface area (Å²) >= 11 is 2.09. The molecule has 0 amide bonds. The van der Waals surface area contributed by atoms with Crippen molar-refractivity contribution in [2.24, 2.45) is 0 Å². The summed E-state index contributed by atoms with van der Waals surface area (Å²) in [5.74, 6) is 1.33. The molecule has 2 heterocycles. The monoisotopic (exact) mass is 187 g/mol. The normalized spacial score (nSPS) is 42.2. The molecule has 3 atom stereocenters. The molecule has 2 aliphatic rings. The van der Waals surface area contributed by atoms with E-state index in [9.17, 15) is 0 Å². The molecule has 0 aliphatic carbocycles. The Balaban J connectivity index is 1.77. The smallest absolute Gasteiger partial charge is 0.0620 e. The van der Waals surface area contributed by atoms with Crippen molar-refractivity contribution in [1.29, 1.82) is 0 Å². The second-order valence-electron chi connectivity index (χ2n) is 3.70. The first-order valence-electron chi connectivity index (χ1n) is 4.81. The Kier molecular flexibility index (Phi) is 2.94. The maximum Gasteiger partial charge on any atom is 0.0620 e. The van der Waals surface area contributed by atoms with E-state index in [4.69, 9.17) is 4.74 Å². The minimum absolute atomic E-state index is 0.635. The van der Waals surface area contributed by atoms with Crippen LogP contribution in [0.4, 0.5) is 0 Å². The third-order valence-corrected chi connectivity index (χ3v) is 4.08. The highest BCUT2D eigenvalue weighted by atomic mass is 32.2. The van der Waals surface area contributed by atoms with Gasteiger partial charge in [-0.1, -0.05) is 6.92 Å². The number of thioether (sulfide) groups is 1. The zero-order valence-corrected chi connectivity index (χ0v) is 8.40. The summed E-state index contributed by atoms with van der Waals surface area (Å²) in [5.41, 5.74) is 0. The molecule has 3 heteroatoms. The molecule has 2 fully saturated rings. The van der Waals surface area contributed by atoms with Gasteiger partial charge in [-0.3, -0.25) is 0 Å². The molecule has 0 aromatic carbocycles. The molecular formula is C9H17NOS. The van der Waals surface area contributed by atoms with Crippen molar-refractivity contribution in [2.75, 3.05) is 19.0 Å². The summed E-state index contributed by atoms with van der Waals surface area (Å²) in [4.78, 5) is 0. The van der Waals surface area contributed by atoms with Crippen LogP contribution in [-0.4, -0.2) is 36.3 Å². The summed E-state index contributed by atoms with van der Waals surface area (Å²) in [6, 6.07) is 1.37. The Morgan fingerprint density at radius 3 is 2.92 bits per heavy atom.